The Bertz CT molecular complexity index is 543. The number of aromatic nitrogens is 1. The third-order valence-electron chi connectivity index (χ3n) is 3.19. The monoisotopic (exact) mass is 270 g/mol. The third kappa shape index (κ3) is 3.42. The van der Waals surface area contributed by atoms with Gasteiger partial charge in [-0.2, -0.15) is 0 Å². The number of esters is 1. The Morgan fingerprint density at radius 1 is 1.10 bits per heavy atom. The summed E-state index contributed by atoms with van der Waals surface area (Å²) in [5, 5.41) is 3.30. The summed E-state index contributed by atoms with van der Waals surface area (Å²) < 4.78 is 4.89. The molecule has 0 saturated heterocycles. The number of hydrogen-bond donors (Lipinski definition) is 1. The van der Waals surface area contributed by atoms with Crippen LogP contribution in [0.25, 0.3) is 0 Å². The van der Waals surface area contributed by atoms with Gasteiger partial charge in [-0.3, -0.25) is 10.3 Å². The zero-order valence-electron chi connectivity index (χ0n) is 11.6. The van der Waals surface area contributed by atoms with E-state index in [2.05, 4.69) is 10.3 Å². The van der Waals surface area contributed by atoms with Crippen molar-refractivity contribution < 1.29 is 9.53 Å². The van der Waals surface area contributed by atoms with E-state index in [4.69, 9.17) is 4.74 Å². The second kappa shape index (κ2) is 6.82. The first-order valence-electron chi connectivity index (χ1n) is 6.51. The van der Waals surface area contributed by atoms with Gasteiger partial charge in [-0.15, -0.1) is 0 Å². The van der Waals surface area contributed by atoms with E-state index in [0.717, 1.165) is 11.1 Å². The minimum absolute atomic E-state index is 0.0160. The molecular formula is C16H18N2O2. The van der Waals surface area contributed by atoms with Crippen molar-refractivity contribution in [3.8, 4) is 0 Å². The number of nitrogens with one attached hydrogen (secondary N) is 1. The van der Waals surface area contributed by atoms with Gasteiger partial charge in [0.15, 0.2) is 0 Å². The number of nitrogens with zero attached hydrogens (tertiary/aromatic N) is 1. The van der Waals surface area contributed by atoms with Crippen molar-refractivity contribution in [1.29, 1.82) is 0 Å². The average molecular weight is 270 g/mol. The Morgan fingerprint density at radius 2 is 1.75 bits per heavy atom. The molecule has 0 aliphatic rings. The molecule has 0 radical (unpaired) electrons. The van der Waals surface area contributed by atoms with Gasteiger partial charge < -0.3 is 4.74 Å². The molecule has 0 spiro atoms. The van der Waals surface area contributed by atoms with E-state index in [-0.39, 0.29) is 12.0 Å². The lowest BCUT2D eigenvalue weighted by atomic mass is 10.0. The van der Waals surface area contributed by atoms with Crippen molar-refractivity contribution in [2.24, 2.45) is 0 Å². The first-order valence-corrected chi connectivity index (χ1v) is 6.51. The molecule has 0 bridgehead atoms. The summed E-state index contributed by atoms with van der Waals surface area (Å²) in [5.74, 6) is -0.294. The molecule has 4 nitrogen and oxygen atoms in total. The van der Waals surface area contributed by atoms with E-state index < -0.39 is 6.04 Å². The van der Waals surface area contributed by atoms with Gasteiger partial charge in [0, 0.05) is 18.4 Å². The highest BCUT2D eigenvalue weighted by molar-refractivity contribution is 5.77. The summed E-state index contributed by atoms with van der Waals surface area (Å²) in [4.78, 5) is 16.0. The van der Waals surface area contributed by atoms with E-state index in [1.54, 1.807) is 12.4 Å². The summed E-state index contributed by atoms with van der Waals surface area (Å²) >= 11 is 0. The molecular weight excluding hydrogens is 252 g/mol. The average Bonchev–Trinajstić information content (AvgIpc) is 2.53. The predicted molar refractivity (Wildman–Crippen MR) is 77.0 cm³/mol. The number of carbonyl (C=O) groups excluding carboxylic acids is 1. The van der Waals surface area contributed by atoms with Gasteiger partial charge in [-0.25, -0.2) is 4.79 Å². The number of rotatable bonds is 5. The molecule has 1 N–H and O–H groups in total. The summed E-state index contributed by atoms with van der Waals surface area (Å²) in [6.07, 6.45) is 3.48. The number of ether oxygens (including phenoxy) is 1. The highest BCUT2D eigenvalue weighted by atomic mass is 16.5. The van der Waals surface area contributed by atoms with E-state index in [9.17, 15) is 4.79 Å². The molecule has 0 aliphatic heterocycles. The Balaban J connectivity index is 2.19. The van der Waals surface area contributed by atoms with E-state index in [1.165, 1.54) is 7.11 Å². The molecule has 0 amide bonds. The Kier molecular flexibility index (Phi) is 4.85. The topological polar surface area (TPSA) is 51.2 Å². The Morgan fingerprint density at radius 3 is 2.35 bits per heavy atom. The van der Waals surface area contributed by atoms with Crippen LogP contribution in [0, 0.1) is 0 Å². The smallest absolute Gasteiger partial charge is 0.327 e. The van der Waals surface area contributed by atoms with Crippen molar-refractivity contribution in [3.63, 3.8) is 0 Å². The van der Waals surface area contributed by atoms with Crippen molar-refractivity contribution in [2.45, 2.75) is 19.0 Å². The number of methoxy groups -OCH3 is 1. The van der Waals surface area contributed by atoms with Crippen LogP contribution < -0.4 is 5.32 Å². The fourth-order valence-electron chi connectivity index (χ4n) is 2.06. The quantitative estimate of drug-likeness (QED) is 0.849. The van der Waals surface area contributed by atoms with Crippen molar-refractivity contribution in [3.05, 3.63) is 66.0 Å². The van der Waals surface area contributed by atoms with E-state index in [0.29, 0.717) is 0 Å². The van der Waals surface area contributed by atoms with Crippen LogP contribution in [0.15, 0.2) is 54.9 Å². The third-order valence-corrected chi connectivity index (χ3v) is 3.19. The van der Waals surface area contributed by atoms with E-state index >= 15 is 0 Å². The summed E-state index contributed by atoms with van der Waals surface area (Å²) in [6.45, 7) is 2.01. The molecule has 104 valence electrons. The van der Waals surface area contributed by atoms with Crippen molar-refractivity contribution in [2.75, 3.05) is 7.11 Å². The second-order valence-electron chi connectivity index (χ2n) is 4.54. The van der Waals surface area contributed by atoms with Gasteiger partial charge in [0.1, 0.15) is 6.04 Å². The van der Waals surface area contributed by atoms with Crippen molar-refractivity contribution in [1.82, 2.24) is 10.3 Å². The highest BCUT2D eigenvalue weighted by Gasteiger charge is 2.23. The van der Waals surface area contributed by atoms with Crippen LogP contribution in [0.2, 0.25) is 0 Å². The van der Waals surface area contributed by atoms with Gasteiger partial charge in [0.05, 0.1) is 7.11 Å². The maximum atomic E-state index is 12.0. The molecule has 20 heavy (non-hydrogen) atoms. The Labute approximate surface area is 118 Å². The molecule has 0 saturated carbocycles. The maximum Gasteiger partial charge on any atom is 0.327 e. The highest BCUT2D eigenvalue weighted by Crippen LogP contribution is 2.20. The lowest BCUT2D eigenvalue weighted by molar-refractivity contribution is -0.143. The minimum atomic E-state index is -0.482. The lowest BCUT2D eigenvalue weighted by Gasteiger charge is -2.22. The fourth-order valence-corrected chi connectivity index (χ4v) is 2.06. The largest absolute Gasteiger partial charge is 0.468 e. The van der Waals surface area contributed by atoms with Crippen LogP contribution in [0.3, 0.4) is 0 Å². The molecule has 4 heteroatoms. The number of benzene rings is 1. The predicted octanol–water partition coefficient (Wildman–Crippen LogP) is 2.65. The van der Waals surface area contributed by atoms with Crippen LogP contribution in [-0.2, 0) is 9.53 Å². The molecule has 2 atom stereocenters. The van der Waals surface area contributed by atoms with Crippen LogP contribution in [0.5, 0.6) is 0 Å². The van der Waals surface area contributed by atoms with Crippen molar-refractivity contribution >= 4 is 5.97 Å². The number of pyridine rings is 1. The standard InChI is InChI=1S/C16H18N2O2/c1-12(13-8-10-17-11-9-13)18-15(16(19)20-2)14-6-4-3-5-7-14/h3-12,15,18H,1-2H3. The molecule has 2 rings (SSSR count). The normalized spacial score (nSPS) is 13.5. The van der Waals surface area contributed by atoms with Gasteiger partial charge >= 0.3 is 5.97 Å². The molecule has 0 fully saturated rings. The molecule has 0 aliphatic carbocycles. The lowest BCUT2D eigenvalue weighted by Crippen LogP contribution is -2.31. The SMILES string of the molecule is COC(=O)C(NC(C)c1ccncc1)c1ccccc1. The summed E-state index contributed by atoms with van der Waals surface area (Å²) in [5.41, 5.74) is 1.96. The van der Waals surface area contributed by atoms with Gasteiger partial charge in [0.25, 0.3) is 0 Å². The van der Waals surface area contributed by atoms with Crippen LogP contribution in [0.1, 0.15) is 30.1 Å². The van der Waals surface area contributed by atoms with Crippen LogP contribution >= 0.6 is 0 Å². The second-order valence-corrected chi connectivity index (χ2v) is 4.54. The van der Waals surface area contributed by atoms with E-state index in [1.807, 2.05) is 49.4 Å². The summed E-state index contributed by atoms with van der Waals surface area (Å²) in [6, 6.07) is 12.9. The summed E-state index contributed by atoms with van der Waals surface area (Å²) in [7, 11) is 1.40. The Hall–Kier alpha value is -2.20. The zero-order valence-corrected chi connectivity index (χ0v) is 11.6. The molecule has 1 aromatic heterocycles. The number of carbonyl (C=O) groups is 1. The maximum absolute atomic E-state index is 12.0. The fraction of sp³-hybridized carbons (Fsp3) is 0.250. The molecule has 1 aromatic carbocycles. The van der Waals surface area contributed by atoms with Gasteiger partial charge in [0.2, 0.25) is 0 Å². The first kappa shape index (κ1) is 14.2. The van der Waals surface area contributed by atoms with Crippen LogP contribution in [0.4, 0.5) is 0 Å². The minimum Gasteiger partial charge on any atom is -0.468 e. The molecule has 1 heterocycles. The van der Waals surface area contributed by atoms with Gasteiger partial charge in [-0.05, 0) is 30.2 Å². The molecule has 2 unspecified atom stereocenters. The number of hydrogen-bond acceptors (Lipinski definition) is 4. The van der Waals surface area contributed by atoms with Gasteiger partial charge in [-0.1, -0.05) is 30.3 Å². The van der Waals surface area contributed by atoms with Crippen LogP contribution in [-0.4, -0.2) is 18.1 Å². The molecule has 2 aromatic rings. The zero-order chi connectivity index (χ0) is 14.4. The first-order chi connectivity index (χ1) is 9.72.